The molecule has 0 bridgehead atoms. The van der Waals surface area contributed by atoms with E-state index in [0.717, 1.165) is 22.4 Å². The third-order valence-electron chi connectivity index (χ3n) is 5.88. The molecule has 0 saturated heterocycles. The number of aryl methyl sites for hydroxylation is 2. The topological polar surface area (TPSA) is 81.1 Å². The van der Waals surface area contributed by atoms with Gasteiger partial charge in [0.2, 0.25) is 11.1 Å². The number of nitrogens with zero attached hydrogens (tertiary/aromatic N) is 3. The van der Waals surface area contributed by atoms with E-state index >= 15 is 0 Å². The number of benzene rings is 3. The number of carbonyl (C=O) groups is 1. The van der Waals surface area contributed by atoms with Crippen molar-refractivity contribution in [2.75, 3.05) is 10.7 Å². The van der Waals surface area contributed by atoms with Crippen molar-refractivity contribution in [3.05, 3.63) is 101 Å². The molecule has 35 heavy (non-hydrogen) atoms. The fraction of sp³-hybridized carbons (Fsp3) is 0.192. The molecule has 7 nitrogen and oxygen atoms in total. The van der Waals surface area contributed by atoms with E-state index in [9.17, 15) is 9.18 Å². The number of hydrogen-bond acceptors (Lipinski definition) is 6. The number of anilines is 1. The molecule has 0 radical (unpaired) electrons. The van der Waals surface area contributed by atoms with Crippen molar-refractivity contribution >= 4 is 23.4 Å². The van der Waals surface area contributed by atoms with E-state index in [1.807, 2.05) is 62.4 Å². The van der Waals surface area contributed by atoms with Gasteiger partial charge in [-0.25, -0.2) is 9.07 Å². The van der Waals surface area contributed by atoms with Gasteiger partial charge < -0.3 is 15.5 Å². The number of para-hydroxylation sites is 1. The van der Waals surface area contributed by atoms with Gasteiger partial charge in [-0.2, -0.15) is 0 Å². The molecule has 0 fully saturated rings. The monoisotopic (exact) mass is 489 g/mol. The number of amides is 1. The molecule has 2 heterocycles. The van der Waals surface area contributed by atoms with Crippen LogP contribution in [0.5, 0.6) is 5.75 Å². The number of ether oxygens (including phenoxy) is 1. The van der Waals surface area contributed by atoms with Gasteiger partial charge in [0.1, 0.15) is 23.4 Å². The molecule has 9 heteroatoms. The number of carbonyl (C=O) groups excluding carboxylic acids is 1. The molecule has 3 aromatic carbocycles. The zero-order valence-electron chi connectivity index (χ0n) is 19.2. The summed E-state index contributed by atoms with van der Waals surface area (Å²) in [5, 5.41) is 11.5. The lowest BCUT2D eigenvalue weighted by Crippen LogP contribution is -2.41. The summed E-state index contributed by atoms with van der Waals surface area (Å²) in [7, 11) is 0. The van der Waals surface area contributed by atoms with E-state index in [4.69, 9.17) is 4.74 Å². The minimum atomic E-state index is -0.568. The Labute approximate surface area is 206 Å². The second kappa shape index (κ2) is 9.79. The Morgan fingerprint density at radius 3 is 2.57 bits per heavy atom. The average Bonchev–Trinajstić information content (AvgIpc) is 3.27. The second-order valence-corrected chi connectivity index (χ2v) is 9.43. The Morgan fingerprint density at radius 1 is 1.06 bits per heavy atom. The third-order valence-corrected chi connectivity index (χ3v) is 7.09. The lowest BCUT2D eigenvalue weighted by Gasteiger charge is -2.33. The summed E-state index contributed by atoms with van der Waals surface area (Å²) in [4.78, 5) is 13.4. The normalized spacial score (nSPS) is 16.8. The highest BCUT2D eigenvalue weighted by atomic mass is 32.2. The van der Waals surface area contributed by atoms with Gasteiger partial charge in [0, 0.05) is 5.69 Å². The first-order chi connectivity index (χ1) is 17.0. The van der Waals surface area contributed by atoms with Gasteiger partial charge >= 0.3 is 0 Å². The van der Waals surface area contributed by atoms with E-state index < -0.39 is 11.3 Å². The molecule has 0 aliphatic carbocycles. The molecule has 1 aliphatic heterocycles. The van der Waals surface area contributed by atoms with Crippen molar-refractivity contribution in [3.63, 3.8) is 0 Å². The fourth-order valence-electron chi connectivity index (χ4n) is 3.81. The van der Waals surface area contributed by atoms with Gasteiger partial charge in [-0.1, -0.05) is 48.2 Å². The molecule has 5 rings (SSSR count). The zero-order valence-corrected chi connectivity index (χ0v) is 20.1. The van der Waals surface area contributed by atoms with Crippen LogP contribution in [0.1, 0.15) is 28.6 Å². The smallest absolute Gasteiger partial charge is 0.240 e. The molecular formula is C26H24FN5O2S. The van der Waals surface area contributed by atoms with Crippen LogP contribution < -0.4 is 15.5 Å². The van der Waals surface area contributed by atoms with E-state index in [1.165, 1.54) is 23.9 Å². The fourth-order valence-corrected chi connectivity index (χ4v) is 4.91. The molecule has 2 atom stereocenters. The highest BCUT2D eigenvalue weighted by molar-refractivity contribution is 8.00. The van der Waals surface area contributed by atoms with E-state index in [2.05, 4.69) is 20.9 Å². The first-order valence-corrected chi connectivity index (χ1v) is 12.0. The predicted octanol–water partition coefficient (Wildman–Crippen LogP) is 5.01. The van der Waals surface area contributed by atoms with Gasteiger partial charge in [0.25, 0.3) is 0 Å². The Balaban J connectivity index is 1.42. The summed E-state index contributed by atoms with van der Waals surface area (Å²) in [6.45, 7) is 4.23. The molecule has 2 N–H and O–H groups in total. The van der Waals surface area contributed by atoms with E-state index in [0.29, 0.717) is 16.7 Å². The molecule has 1 amide bonds. The maximum Gasteiger partial charge on any atom is 0.240 e. The third kappa shape index (κ3) is 5.00. The van der Waals surface area contributed by atoms with Crippen LogP contribution in [0.4, 0.5) is 10.1 Å². The summed E-state index contributed by atoms with van der Waals surface area (Å²) in [6.07, 6.45) is 0. The second-order valence-electron chi connectivity index (χ2n) is 8.32. The van der Waals surface area contributed by atoms with Crippen molar-refractivity contribution in [3.8, 4) is 5.75 Å². The zero-order chi connectivity index (χ0) is 24.4. The number of nitrogens with one attached hydrogen (secondary N) is 2. The molecule has 0 unspecified atom stereocenters. The lowest BCUT2D eigenvalue weighted by atomic mass is 10.0. The minimum absolute atomic E-state index is 0.184. The summed E-state index contributed by atoms with van der Waals surface area (Å²) in [6, 6.07) is 20.9. The maximum atomic E-state index is 13.6. The van der Waals surface area contributed by atoms with E-state index in [1.54, 1.807) is 16.8 Å². The quantitative estimate of drug-likeness (QED) is 0.396. The van der Waals surface area contributed by atoms with Crippen LogP contribution in [0.2, 0.25) is 0 Å². The predicted molar refractivity (Wildman–Crippen MR) is 133 cm³/mol. The number of aromatic nitrogens is 3. The van der Waals surface area contributed by atoms with Crippen LogP contribution >= 0.6 is 11.8 Å². The van der Waals surface area contributed by atoms with E-state index in [-0.39, 0.29) is 18.3 Å². The van der Waals surface area contributed by atoms with Crippen LogP contribution in [0.3, 0.4) is 0 Å². The number of halogens is 1. The van der Waals surface area contributed by atoms with Crippen LogP contribution in [0, 0.1) is 19.7 Å². The largest absolute Gasteiger partial charge is 0.486 e. The van der Waals surface area contributed by atoms with Crippen LogP contribution in [-0.4, -0.2) is 26.0 Å². The Hall–Kier alpha value is -3.85. The Kier molecular flexibility index (Phi) is 6.41. The summed E-state index contributed by atoms with van der Waals surface area (Å²) in [5.41, 5.74) is 7.10. The summed E-state index contributed by atoms with van der Waals surface area (Å²) >= 11 is 1.31. The molecule has 1 aromatic heterocycles. The summed E-state index contributed by atoms with van der Waals surface area (Å²) < 4.78 is 21.2. The SMILES string of the molecule is Cc1ccc(NC(=O)[C@H]2Sc3nnc(COc4ccccc4)n3N[C@H]2c2ccc(F)cc2)cc1C. The Morgan fingerprint density at radius 2 is 1.83 bits per heavy atom. The van der Waals surface area contributed by atoms with Crippen molar-refractivity contribution < 1.29 is 13.9 Å². The summed E-state index contributed by atoms with van der Waals surface area (Å²) in [5.74, 6) is 0.761. The van der Waals surface area contributed by atoms with Crippen molar-refractivity contribution in [1.82, 2.24) is 14.9 Å². The molecule has 1 aliphatic rings. The standard InChI is InChI=1S/C26H24FN5O2S/c1-16-8-13-20(14-17(16)2)28-25(33)24-23(18-9-11-19(27)12-10-18)31-32-22(29-30-26(32)35-24)15-34-21-6-4-3-5-7-21/h3-14,23-24,31H,15H2,1-2H3,(H,28,33)/t23-,24-/m0/s1. The first-order valence-electron chi connectivity index (χ1n) is 11.2. The van der Waals surface area contributed by atoms with Gasteiger partial charge in [-0.05, 0) is 66.9 Å². The molecule has 0 spiro atoms. The molecule has 178 valence electrons. The highest BCUT2D eigenvalue weighted by Gasteiger charge is 2.38. The van der Waals surface area contributed by atoms with Gasteiger partial charge in [-0.15, -0.1) is 10.2 Å². The van der Waals surface area contributed by atoms with Gasteiger partial charge in [0.15, 0.2) is 5.82 Å². The van der Waals surface area contributed by atoms with Gasteiger partial charge in [0.05, 0.1) is 6.04 Å². The highest BCUT2D eigenvalue weighted by Crippen LogP contribution is 2.38. The van der Waals surface area contributed by atoms with Crippen molar-refractivity contribution in [2.24, 2.45) is 0 Å². The van der Waals surface area contributed by atoms with Crippen molar-refractivity contribution in [2.45, 2.75) is 36.9 Å². The van der Waals surface area contributed by atoms with Crippen LogP contribution in [-0.2, 0) is 11.4 Å². The first kappa shape index (κ1) is 22.9. The van der Waals surface area contributed by atoms with Crippen LogP contribution in [0.25, 0.3) is 0 Å². The molecular weight excluding hydrogens is 465 g/mol. The number of rotatable bonds is 6. The van der Waals surface area contributed by atoms with Crippen molar-refractivity contribution in [1.29, 1.82) is 0 Å². The number of fused-ring (bicyclic) bond motifs is 1. The minimum Gasteiger partial charge on any atom is -0.486 e. The lowest BCUT2D eigenvalue weighted by molar-refractivity contribution is -0.116. The number of hydrogen-bond donors (Lipinski definition) is 2. The van der Waals surface area contributed by atoms with Gasteiger partial charge in [-0.3, -0.25) is 4.79 Å². The molecule has 0 saturated carbocycles. The van der Waals surface area contributed by atoms with Crippen LogP contribution in [0.15, 0.2) is 78.0 Å². The maximum absolute atomic E-state index is 13.6. The average molecular weight is 490 g/mol. The Bertz CT molecular complexity index is 1340. The number of thioether (sulfide) groups is 1. The molecule has 4 aromatic rings.